The second-order valence-electron chi connectivity index (χ2n) is 5.25. The number of halogens is 1. The van der Waals surface area contributed by atoms with Crippen LogP contribution in [-0.2, 0) is 0 Å². The van der Waals surface area contributed by atoms with Gasteiger partial charge in [0.1, 0.15) is 0 Å². The molecule has 0 N–H and O–H groups in total. The summed E-state index contributed by atoms with van der Waals surface area (Å²) < 4.78 is 0. The van der Waals surface area contributed by atoms with E-state index in [1.54, 1.807) is 0 Å². The molecule has 0 aliphatic carbocycles. The van der Waals surface area contributed by atoms with Crippen molar-refractivity contribution in [3.05, 3.63) is 46.5 Å². The van der Waals surface area contributed by atoms with Gasteiger partial charge in [0.2, 0.25) is 5.28 Å². The molecule has 0 saturated carbocycles. The Morgan fingerprint density at radius 2 is 2.30 bits per heavy atom. The molecule has 1 aromatic heterocycles. The normalized spacial score (nSPS) is 20.1. The minimum absolute atomic E-state index is 0.309. The lowest BCUT2D eigenvalue weighted by Gasteiger charge is -2.26. The third-order valence-corrected chi connectivity index (χ3v) is 5.26. The molecule has 0 amide bonds. The van der Waals surface area contributed by atoms with E-state index >= 15 is 0 Å². The van der Waals surface area contributed by atoms with Crippen molar-refractivity contribution in [3.63, 3.8) is 0 Å². The highest BCUT2D eigenvalue weighted by Gasteiger charge is 2.35. The fraction of sp³-hybridized carbons (Fsp3) is 0.333. The first kappa shape index (κ1) is 12.5. The summed E-state index contributed by atoms with van der Waals surface area (Å²) in [6, 6.07) is 6.60. The van der Waals surface area contributed by atoms with Gasteiger partial charge in [-0.2, -0.15) is 0 Å². The number of para-hydroxylation sites is 1. The van der Waals surface area contributed by atoms with Crippen molar-refractivity contribution in [2.75, 3.05) is 23.7 Å². The van der Waals surface area contributed by atoms with E-state index in [2.05, 4.69) is 40.0 Å². The summed E-state index contributed by atoms with van der Waals surface area (Å²) in [6.07, 6.45) is 1.82. The third-order valence-electron chi connectivity index (χ3n) is 4.06. The van der Waals surface area contributed by atoms with Crippen molar-refractivity contribution >= 4 is 29.1 Å². The molecule has 2 aliphatic heterocycles. The van der Waals surface area contributed by atoms with Gasteiger partial charge in [0.05, 0.1) is 11.4 Å². The zero-order chi connectivity index (χ0) is 13.7. The molecule has 5 heteroatoms. The van der Waals surface area contributed by atoms with Crippen molar-refractivity contribution in [2.24, 2.45) is 0 Å². The van der Waals surface area contributed by atoms with E-state index in [1.807, 2.05) is 18.0 Å². The first-order valence-electron chi connectivity index (χ1n) is 6.74. The number of hydrogen-bond donors (Lipinski definition) is 0. The van der Waals surface area contributed by atoms with Gasteiger partial charge in [-0.3, -0.25) is 0 Å². The van der Waals surface area contributed by atoms with E-state index in [0.29, 0.717) is 11.2 Å². The Hall–Kier alpha value is -1.26. The van der Waals surface area contributed by atoms with Gasteiger partial charge in [-0.25, -0.2) is 9.97 Å². The highest BCUT2D eigenvalue weighted by molar-refractivity contribution is 7.99. The smallest absolute Gasteiger partial charge is 0.222 e. The monoisotopic (exact) mass is 303 g/mol. The summed E-state index contributed by atoms with van der Waals surface area (Å²) in [4.78, 5) is 12.5. The summed E-state index contributed by atoms with van der Waals surface area (Å²) in [5, 5.41) is 0.339. The van der Waals surface area contributed by atoms with E-state index in [4.69, 9.17) is 11.6 Å². The van der Waals surface area contributed by atoms with Crippen LogP contribution in [0.15, 0.2) is 29.3 Å². The number of benzene rings is 1. The molecule has 0 fully saturated rings. The minimum atomic E-state index is 0.309. The van der Waals surface area contributed by atoms with Crippen LogP contribution in [0.25, 0.3) is 0 Å². The maximum atomic E-state index is 6.00. The Kier molecular flexibility index (Phi) is 2.89. The lowest BCUT2D eigenvalue weighted by molar-refractivity contribution is 0.761. The number of nitrogens with zero attached hydrogens (tertiary/aromatic N) is 3. The Balaban J connectivity index is 1.87. The largest absolute Gasteiger partial charge is 0.369 e. The Bertz CT molecular complexity index is 689. The van der Waals surface area contributed by atoms with Crippen LogP contribution in [-0.4, -0.2) is 28.8 Å². The van der Waals surface area contributed by atoms with Gasteiger partial charge in [0, 0.05) is 35.9 Å². The molecule has 4 rings (SSSR count). The Morgan fingerprint density at radius 1 is 1.40 bits per heavy atom. The van der Waals surface area contributed by atoms with E-state index in [0.717, 1.165) is 30.1 Å². The van der Waals surface area contributed by atoms with Crippen LogP contribution in [0, 0.1) is 6.92 Å². The number of thioether (sulfide) groups is 1. The summed E-state index contributed by atoms with van der Waals surface area (Å²) in [7, 11) is 0. The number of aromatic nitrogens is 2. The topological polar surface area (TPSA) is 29.0 Å². The molecule has 1 unspecified atom stereocenters. The van der Waals surface area contributed by atoms with E-state index in [1.165, 1.54) is 16.1 Å². The van der Waals surface area contributed by atoms with Crippen LogP contribution < -0.4 is 4.90 Å². The fourth-order valence-corrected chi connectivity index (χ4v) is 4.40. The van der Waals surface area contributed by atoms with Crippen LogP contribution in [0.2, 0.25) is 5.28 Å². The average Bonchev–Trinajstić information content (AvgIpc) is 2.83. The van der Waals surface area contributed by atoms with Gasteiger partial charge in [-0.05, 0) is 35.7 Å². The zero-order valence-electron chi connectivity index (χ0n) is 11.1. The number of anilines is 1. The van der Waals surface area contributed by atoms with Crippen molar-refractivity contribution in [1.29, 1.82) is 0 Å². The van der Waals surface area contributed by atoms with Gasteiger partial charge in [-0.15, -0.1) is 11.8 Å². The summed E-state index contributed by atoms with van der Waals surface area (Å²) in [5.41, 5.74) is 4.97. The molecule has 2 aromatic rings. The lowest BCUT2D eigenvalue weighted by Crippen LogP contribution is -2.27. The van der Waals surface area contributed by atoms with Crippen molar-refractivity contribution in [1.82, 2.24) is 9.97 Å². The molecule has 0 saturated heterocycles. The molecule has 0 spiro atoms. The molecule has 0 radical (unpaired) electrons. The van der Waals surface area contributed by atoms with Crippen LogP contribution in [0.5, 0.6) is 0 Å². The molecule has 1 aromatic carbocycles. The lowest BCUT2D eigenvalue weighted by atomic mass is 9.95. The molecule has 2 aliphatic rings. The second-order valence-corrected chi connectivity index (χ2v) is 6.72. The Labute approximate surface area is 127 Å². The van der Waals surface area contributed by atoms with Crippen LogP contribution in [0.4, 0.5) is 5.69 Å². The van der Waals surface area contributed by atoms with Crippen LogP contribution in [0.3, 0.4) is 0 Å². The minimum Gasteiger partial charge on any atom is -0.369 e. The van der Waals surface area contributed by atoms with E-state index < -0.39 is 0 Å². The van der Waals surface area contributed by atoms with Gasteiger partial charge < -0.3 is 4.90 Å². The molecular formula is C15H14ClN3S. The number of aryl methyl sites for hydroxylation is 1. The molecule has 20 heavy (non-hydrogen) atoms. The van der Waals surface area contributed by atoms with E-state index in [9.17, 15) is 0 Å². The van der Waals surface area contributed by atoms with Gasteiger partial charge in [0.15, 0.2) is 0 Å². The Morgan fingerprint density at radius 3 is 3.20 bits per heavy atom. The van der Waals surface area contributed by atoms with E-state index in [-0.39, 0.29) is 0 Å². The maximum Gasteiger partial charge on any atom is 0.222 e. The SMILES string of the molecule is Cc1cnc(Cl)nc1C1CN2CCSc3cccc1c32. The predicted octanol–water partition coefficient (Wildman–Crippen LogP) is 3.50. The summed E-state index contributed by atoms with van der Waals surface area (Å²) >= 11 is 7.95. The zero-order valence-corrected chi connectivity index (χ0v) is 12.7. The average molecular weight is 304 g/mol. The van der Waals surface area contributed by atoms with Gasteiger partial charge in [0.25, 0.3) is 0 Å². The predicted molar refractivity (Wildman–Crippen MR) is 83.0 cm³/mol. The first-order chi connectivity index (χ1) is 9.74. The third kappa shape index (κ3) is 1.82. The molecule has 1 atom stereocenters. The van der Waals surface area contributed by atoms with Crippen molar-refractivity contribution in [2.45, 2.75) is 17.7 Å². The molecule has 3 nitrogen and oxygen atoms in total. The van der Waals surface area contributed by atoms with Gasteiger partial charge in [-0.1, -0.05) is 12.1 Å². The molecule has 102 valence electrons. The van der Waals surface area contributed by atoms with Crippen molar-refractivity contribution in [3.8, 4) is 0 Å². The molecular weight excluding hydrogens is 290 g/mol. The highest BCUT2D eigenvalue weighted by atomic mass is 35.5. The van der Waals surface area contributed by atoms with Crippen LogP contribution >= 0.6 is 23.4 Å². The summed E-state index contributed by atoms with van der Waals surface area (Å²) in [6.45, 7) is 4.18. The quantitative estimate of drug-likeness (QED) is 0.754. The fourth-order valence-electron chi connectivity index (χ4n) is 3.17. The second kappa shape index (κ2) is 4.64. The number of rotatable bonds is 1. The molecule has 0 bridgehead atoms. The summed E-state index contributed by atoms with van der Waals surface area (Å²) in [5.74, 6) is 1.47. The standard InChI is InChI=1S/C15H14ClN3S/c1-9-7-17-15(16)18-13(9)11-8-19-5-6-20-12-4-2-3-10(11)14(12)19/h2-4,7,11H,5-6,8H2,1H3. The molecule has 3 heterocycles. The first-order valence-corrected chi connectivity index (χ1v) is 8.10. The number of hydrogen-bond acceptors (Lipinski definition) is 4. The van der Waals surface area contributed by atoms with Crippen LogP contribution in [0.1, 0.15) is 22.7 Å². The van der Waals surface area contributed by atoms with Gasteiger partial charge >= 0.3 is 0 Å². The van der Waals surface area contributed by atoms with Crippen molar-refractivity contribution < 1.29 is 0 Å². The highest BCUT2D eigenvalue weighted by Crippen LogP contribution is 2.47. The maximum absolute atomic E-state index is 6.00.